The first-order valence-electron chi connectivity index (χ1n) is 10.7. The molecule has 1 N–H and O–H groups in total. The van der Waals surface area contributed by atoms with Crippen LogP contribution in [0.1, 0.15) is 49.8 Å². The Kier molecular flexibility index (Phi) is 7.24. The number of carbonyl (C=O) groups is 2. The lowest BCUT2D eigenvalue weighted by Gasteiger charge is -2.18. The monoisotopic (exact) mass is 410 g/mol. The smallest absolute Gasteiger partial charge is 0.227 e. The van der Waals surface area contributed by atoms with E-state index in [-0.39, 0.29) is 29.5 Å². The molecule has 1 aliphatic heterocycles. The number of halogens is 1. The van der Waals surface area contributed by atoms with E-state index in [1.54, 1.807) is 17.0 Å². The van der Waals surface area contributed by atoms with Gasteiger partial charge in [-0.3, -0.25) is 9.59 Å². The largest absolute Gasteiger partial charge is 0.355 e. The van der Waals surface area contributed by atoms with Gasteiger partial charge in [-0.25, -0.2) is 4.39 Å². The Labute approximate surface area is 178 Å². The maximum atomic E-state index is 13.1. The number of nitrogens with zero attached hydrogens (tertiary/aromatic N) is 1. The van der Waals surface area contributed by atoms with Gasteiger partial charge in [-0.2, -0.15) is 0 Å². The molecule has 0 bridgehead atoms. The molecule has 2 aromatic carbocycles. The van der Waals surface area contributed by atoms with Gasteiger partial charge in [0.15, 0.2) is 0 Å². The third-order valence-electron chi connectivity index (χ3n) is 5.66. The van der Waals surface area contributed by atoms with Gasteiger partial charge in [0, 0.05) is 32.0 Å². The Morgan fingerprint density at radius 1 is 1.07 bits per heavy atom. The minimum atomic E-state index is -0.282. The van der Waals surface area contributed by atoms with Crippen LogP contribution in [0.2, 0.25) is 0 Å². The van der Waals surface area contributed by atoms with Crippen molar-refractivity contribution in [3.63, 3.8) is 0 Å². The summed E-state index contributed by atoms with van der Waals surface area (Å²) in [6, 6.07) is 14.5. The highest BCUT2D eigenvalue weighted by Crippen LogP contribution is 2.21. The normalized spacial score (nSPS) is 17.4. The van der Waals surface area contributed by atoms with E-state index in [0.717, 1.165) is 17.5 Å². The maximum Gasteiger partial charge on any atom is 0.227 e. The summed E-state index contributed by atoms with van der Waals surface area (Å²) in [6.07, 6.45) is 1.46. The van der Waals surface area contributed by atoms with Gasteiger partial charge in [-0.1, -0.05) is 50.2 Å². The number of amides is 2. The van der Waals surface area contributed by atoms with E-state index in [1.165, 1.54) is 17.7 Å². The van der Waals surface area contributed by atoms with Gasteiger partial charge >= 0.3 is 0 Å². The predicted octanol–water partition coefficient (Wildman–Crippen LogP) is 4.29. The molecule has 1 heterocycles. The highest BCUT2D eigenvalue weighted by Gasteiger charge is 2.30. The van der Waals surface area contributed by atoms with Gasteiger partial charge in [0.25, 0.3) is 0 Å². The molecule has 0 spiro atoms. The standard InChI is InChI=1S/C25H31FN2O2/c1-17(2)12-19-4-8-22(9-5-19)18(3)25(30)27-14-21-13-24(29)28(16-21)15-20-6-10-23(26)11-7-20/h4-11,17-18,21H,12-16H2,1-3H3,(H,27,30). The molecule has 2 amide bonds. The molecular formula is C25H31FN2O2. The number of carbonyl (C=O) groups excluding carboxylic acids is 2. The molecule has 5 heteroatoms. The molecule has 2 atom stereocenters. The SMILES string of the molecule is CC(C)Cc1ccc(C(C)C(=O)NCC2CC(=O)N(Cc3ccc(F)cc3)C2)cc1. The fourth-order valence-corrected chi connectivity index (χ4v) is 3.92. The molecule has 30 heavy (non-hydrogen) atoms. The summed E-state index contributed by atoms with van der Waals surface area (Å²) in [5.74, 6) is 0.250. The first-order chi connectivity index (χ1) is 14.3. The van der Waals surface area contributed by atoms with Crippen LogP contribution in [0.4, 0.5) is 4.39 Å². The van der Waals surface area contributed by atoms with Crippen LogP contribution in [0.15, 0.2) is 48.5 Å². The van der Waals surface area contributed by atoms with E-state index in [2.05, 4.69) is 31.3 Å². The molecule has 0 aromatic heterocycles. The van der Waals surface area contributed by atoms with Crippen LogP contribution < -0.4 is 5.32 Å². The van der Waals surface area contributed by atoms with Gasteiger partial charge in [0.1, 0.15) is 5.82 Å². The zero-order valence-corrected chi connectivity index (χ0v) is 18.0. The second kappa shape index (κ2) is 9.88. The molecule has 1 aliphatic rings. The van der Waals surface area contributed by atoms with E-state index < -0.39 is 0 Å². The molecule has 0 aliphatic carbocycles. The average molecular weight is 411 g/mol. The van der Waals surface area contributed by atoms with Crippen molar-refractivity contribution in [2.24, 2.45) is 11.8 Å². The highest BCUT2D eigenvalue weighted by molar-refractivity contribution is 5.83. The van der Waals surface area contributed by atoms with Crippen LogP contribution in [0.5, 0.6) is 0 Å². The molecular weight excluding hydrogens is 379 g/mol. The Morgan fingerprint density at radius 2 is 1.70 bits per heavy atom. The van der Waals surface area contributed by atoms with E-state index in [0.29, 0.717) is 32.0 Å². The number of nitrogens with one attached hydrogen (secondary N) is 1. The lowest BCUT2D eigenvalue weighted by molar-refractivity contribution is -0.128. The van der Waals surface area contributed by atoms with Crippen LogP contribution >= 0.6 is 0 Å². The molecule has 3 rings (SSSR count). The van der Waals surface area contributed by atoms with Crippen molar-refractivity contribution in [2.45, 2.75) is 46.1 Å². The fraction of sp³-hybridized carbons (Fsp3) is 0.440. The van der Waals surface area contributed by atoms with Crippen molar-refractivity contribution in [1.82, 2.24) is 10.2 Å². The number of benzene rings is 2. The first kappa shape index (κ1) is 22.0. The van der Waals surface area contributed by atoms with Crippen LogP contribution in [0.3, 0.4) is 0 Å². The van der Waals surface area contributed by atoms with Crippen molar-refractivity contribution in [3.8, 4) is 0 Å². The van der Waals surface area contributed by atoms with Crippen molar-refractivity contribution < 1.29 is 14.0 Å². The molecule has 0 radical (unpaired) electrons. The molecule has 4 nitrogen and oxygen atoms in total. The zero-order valence-electron chi connectivity index (χ0n) is 18.0. The van der Waals surface area contributed by atoms with Crippen LogP contribution in [0, 0.1) is 17.7 Å². The number of rotatable bonds is 8. The molecule has 2 unspecified atom stereocenters. The first-order valence-corrected chi connectivity index (χ1v) is 10.7. The summed E-state index contributed by atoms with van der Waals surface area (Å²) < 4.78 is 13.1. The van der Waals surface area contributed by atoms with Gasteiger partial charge in [-0.05, 0) is 48.1 Å². The Bertz CT molecular complexity index is 862. The van der Waals surface area contributed by atoms with Gasteiger partial charge in [-0.15, -0.1) is 0 Å². The Balaban J connectivity index is 1.48. The second-order valence-electron chi connectivity index (χ2n) is 8.78. The number of likely N-dealkylation sites (tertiary alicyclic amines) is 1. The van der Waals surface area contributed by atoms with E-state index >= 15 is 0 Å². The molecule has 1 saturated heterocycles. The lowest BCUT2D eigenvalue weighted by Crippen LogP contribution is -2.33. The van der Waals surface area contributed by atoms with Crippen molar-refractivity contribution in [1.29, 1.82) is 0 Å². The Morgan fingerprint density at radius 3 is 2.33 bits per heavy atom. The number of hydrogen-bond acceptors (Lipinski definition) is 2. The zero-order chi connectivity index (χ0) is 21.7. The summed E-state index contributed by atoms with van der Waals surface area (Å²) in [5.41, 5.74) is 3.19. The topological polar surface area (TPSA) is 49.4 Å². The predicted molar refractivity (Wildman–Crippen MR) is 116 cm³/mol. The summed E-state index contributed by atoms with van der Waals surface area (Å²) in [4.78, 5) is 26.7. The third-order valence-corrected chi connectivity index (χ3v) is 5.66. The maximum absolute atomic E-state index is 13.1. The van der Waals surface area contributed by atoms with E-state index in [9.17, 15) is 14.0 Å². The third kappa shape index (κ3) is 5.91. The fourth-order valence-electron chi connectivity index (χ4n) is 3.92. The van der Waals surface area contributed by atoms with Gasteiger partial charge < -0.3 is 10.2 Å². The minimum Gasteiger partial charge on any atom is -0.355 e. The number of hydrogen-bond donors (Lipinski definition) is 1. The van der Waals surface area contributed by atoms with E-state index in [4.69, 9.17) is 0 Å². The second-order valence-corrected chi connectivity index (χ2v) is 8.78. The summed E-state index contributed by atoms with van der Waals surface area (Å²) >= 11 is 0. The van der Waals surface area contributed by atoms with Gasteiger partial charge in [0.2, 0.25) is 11.8 Å². The molecule has 0 saturated carbocycles. The molecule has 1 fully saturated rings. The van der Waals surface area contributed by atoms with Gasteiger partial charge in [0.05, 0.1) is 5.92 Å². The van der Waals surface area contributed by atoms with Crippen molar-refractivity contribution >= 4 is 11.8 Å². The van der Waals surface area contributed by atoms with Crippen molar-refractivity contribution in [3.05, 3.63) is 71.0 Å². The van der Waals surface area contributed by atoms with Crippen LogP contribution in [-0.2, 0) is 22.6 Å². The summed E-state index contributed by atoms with van der Waals surface area (Å²) in [6.45, 7) is 7.86. The minimum absolute atomic E-state index is 0.0176. The van der Waals surface area contributed by atoms with Crippen LogP contribution in [0.25, 0.3) is 0 Å². The van der Waals surface area contributed by atoms with Crippen molar-refractivity contribution in [2.75, 3.05) is 13.1 Å². The summed E-state index contributed by atoms with van der Waals surface area (Å²) in [5, 5.41) is 3.01. The quantitative estimate of drug-likeness (QED) is 0.706. The van der Waals surface area contributed by atoms with Crippen LogP contribution in [-0.4, -0.2) is 29.8 Å². The highest BCUT2D eigenvalue weighted by atomic mass is 19.1. The van der Waals surface area contributed by atoms with E-state index in [1.807, 2.05) is 19.1 Å². The Hall–Kier alpha value is -2.69. The average Bonchev–Trinajstić information content (AvgIpc) is 3.06. The lowest BCUT2D eigenvalue weighted by atomic mass is 9.96. The molecule has 160 valence electrons. The molecule has 2 aromatic rings. The summed E-state index contributed by atoms with van der Waals surface area (Å²) in [7, 11) is 0.